The number of benzene rings is 2. The van der Waals surface area contributed by atoms with E-state index in [2.05, 4.69) is 25.6 Å². The molecule has 8 nitrogen and oxygen atoms in total. The number of carbonyl (C=O) groups is 1. The zero-order valence-corrected chi connectivity index (χ0v) is 15.1. The second-order valence-electron chi connectivity index (χ2n) is 5.87. The molecule has 0 aliphatic rings. The van der Waals surface area contributed by atoms with Crippen LogP contribution in [0.4, 0.5) is 23.3 Å². The van der Waals surface area contributed by atoms with Crippen LogP contribution in [-0.4, -0.2) is 20.9 Å². The van der Waals surface area contributed by atoms with Gasteiger partial charge in [0.05, 0.1) is 0 Å². The van der Waals surface area contributed by atoms with Crippen LogP contribution in [0.25, 0.3) is 0 Å². The fraction of sp³-hybridized carbons (Fsp3) is 0.158. The summed E-state index contributed by atoms with van der Waals surface area (Å²) >= 11 is 0. The lowest BCUT2D eigenvalue weighted by Crippen LogP contribution is -2.10. The van der Waals surface area contributed by atoms with Crippen LogP contribution in [0.3, 0.4) is 0 Å². The number of aryl methyl sites for hydroxylation is 1. The Morgan fingerprint density at radius 2 is 1.81 bits per heavy atom. The Balaban J connectivity index is 1.67. The van der Waals surface area contributed by atoms with Gasteiger partial charge in [-0.05, 0) is 42.8 Å². The molecule has 0 saturated heterocycles. The Labute approximate surface area is 156 Å². The van der Waals surface area contributed by atoms with E-state index in [1.807, 2.05) is 31.2 Å². The van der Waals surface area contributed by atoms with Gasteiger partial charge in [-0.15, -0.1) is 0 Å². The van der Waals surface area contributed by atoms with Crippen LogP contribution in [0.5, 0.6) is 5.75 Å². The first-order valence-electron chi connectivity index (χ1n) is 8.33. The second-order valence-corrected chi connectivity index (χ2v) is 5.87. The lowest BCUT2D eigenvalue weighted by atomic mass is 10.2. The highest BCUT2D eigenvalue weighted by Crippen LogP contribution is 2.19. The minimum atomic E-state index is -0.127. The molecule has 1 aromatic heterocycles. The Morgan fingerprint density at radius 1 is 1.07 bits per heavy atom. The van der Waals surface area contributed by atoms with Crippen molar-refractivity contribution in [3.05, 3.63) is 59.9 Å². The van der Waals surface area contributed by atoms with Crippen molar-refractivity contribution < 1.29 is 9.53 Å². The summed E-state index contributed by atoms with van der Waals surface area (Å²) in [5, 5.41) is 5.84. The van der Waals surface area contributed by atoms with E-state index in [1.165, 1.54) is 6.92 Å². The van der Waals surface area contributed by atoms with Gasteiger partial charge in [0, 0.05) is 18.3 Å². The molecule has 0 saturated carbocycles. The highest BCUT2D eigenvalue weighted by molar-refractivity contribution is 5.88. The summed E-state index contributed by atoms with van der Waals surface area (Å²) in [7, 11) is 0. The van der Waals surface area contributed by atoms with Gasteiger partial charge in [0.1, 0.15) is 12.4 Å². The molecule has 8 heteroatoms. The molecule has 0 atom stereocenters. The van der Waals surface area contributed by atoms with E-state index in [0.717, 1.165) is 11.3 Å². The Bertz CT molecular complexity index is 943. The number of nitrogens with zero attached hydrogens (tertiary/aromatic N) is 3. The molecule has 0 aliphatic carbocycles. The van der Waals surface area contributed by atoms with Crippen molar-refractivity contribution in [2.24, 2.45) is 0 Å². The van der Waals surface area contributed by atoms with Gasteiger partial charge in [0.25, 0.3) is 0 Å². The second kappa shape index (κ2) is 8.13. The number of nitrogen functional groups attached to an aromatic ring is 1. The molecule has 0 bridgehead atoms. The SMILES string of the molecule is CC(=O)Nc1ccc(OCc2nc(N)nc(Nc3ccccc3C)n2)cc1. The predicted molar refractivity (Wildman–Crippen MR) is 104 cm³/mol. The third kappa shape index (κ3) is 5.15. The standard InChI is InChI=1S/C19H20N6O2/c1-12-5-3-4-6-16(12)22-19-24-17(23-18(20)25-19)11-27-15-9-7-14(8-10-15)21-13(2)26/h3-10H,11H2,1-2H3,(H,21,26)(H3,20,22,23,24,25). The molecular formula is C19H20N6O2. The van der Waals surface area contributed by atoms with Gasteiger partial charge in [0.2, 0.25) is 17.8 Å². The molecular weight excluding hydrogens is 344 g/mol. The molecule has 27 heavy (non-hydrogen) atoms. The van der Waals surface area contributed by atoms with E-state index in [-0.39, 0.29) is 18.5 Å². The minimum Gasteiger partial charge on any atom is -0.486 e. The zero-order chi connectivity index (χ0) is 19.2. The van der Waals surface area contributed by atoms with E-state index < -0.39 is 0 Å². The van der Waals surface area contributed by atoms with Gasteiger partial charge >= 0.3 is 0 Å². The van der Waals surface area contributed by atoms with Crippen LogP contribution in [0.2, 0.25) is 0 Å². The van der Waals surface area contributed by atoms with Crippen molar-refractivity contribution in [1.82, 2.24) is 15.0 Å². The fourth-order valence-corrected chi connectivity index (χ4v) is 2.38. The number of ether oxygens (including phenoxy) is 1. The Kier molecular flexibility index (Phi) is 5.46. The van der Waals surface area contributed by atoms with Gasteiger partial charge in [0.15, 0.2) is 5.82 Å². The van der Waals surface area contributed by atoms with Crippen LogP contribution in [0.1, 0.15) is 18.3 Å². The fourth-order valence-electron chi connectivity index (χ4n) is 2.38. The third-order valence-corrected chi connectivity index (χ3v) is 3.63. The van der Waals surface area contributed by atoms with Crippen molar-refractivity contribution in [3.63, 3.8) is 0 Å². The first-order chi connectivity index (χ1) is 13.0. The van der Waals surface area contributed by atoms with E-state index in [0.29, 0.717) is 23.2 Å². The highest BCUT2D eigenvalue weighted by atomic mass is 16.5. The molecule has 0 spiro atoms. The summed E-state index contributed by atoms with van der Waals surface area (Å²) in [5.41, 5.74) is 8.44. The van der Waals surface area contributed by atoms with E-state index in [1.54, 1.807) is 24.3 Å². The van der Waals surface area contributed by atoms with Crippen LogP contribution in [0.15, 0.2) is 48.5 Å². The molecule has 138 valence electrons. The molecule has 0 unspecified atom stereocenters. The number of amides is 1. The summed E-state index contributed by atoms with van der Waals surface area (Å²) in [5.74, 6) is 1.37. The number of anilines is 4. The van der Waals surface area contributed by atoms with Gasteiger partial charge < -0.3 is 21.1 Å². The Hall–Kier alpha value is -3.68. The summed E-state index contributed by atoms with van der Waals surface area (Å²) in [6.07, 6.45) is 0. The van der Waals surface area contributed by atoms with Gasteiger partial charge in [-0.3, -0.25) is 4.79 Å². The highest BCUT2D eigenvalue weighted by Gasteiger charge is 2.07. The molecule has 0 aliphatic heterocycles. The van der Waals surface area contributed by atoms with Crippen LogP contribution in [-0.2, 0) is 11.4 Å². The van der Waals surface area contributed by atoms with E-state index >= 15 is 0 Å². The molecule has 1 amide bonds. The maximum atomic E-state index is 11.0. The average molecular weight is 364 g/mol. The maximum absolute atomic E-state index is 11.0. The number of aromatic nitrogens is 3. The van der Waals surface area contributed by atoms with E-state index in [4.69, 9.17) is 10.5 Å². The van der Waals surface area contributed by atoms with Crippen LogP contribution in [0, 0.1) is 6.92 Å². The van der Waals surface area contributed by atoms with Crippen LogP contribution >= 0.6 is 0 Å². The van der Waals surface area contributed by atoms with Gasteiger partial charge in [-0.25, -0.2) is 0 Å². The Morgan fingerprint density at radius 3 is 2.52 bits per heavy atom. The summed E-state index contributed by atoms with van der Waals surface area (Å²) in [6, 6.07) is 14.8. The van der Waals surface area contributed by atoms with Crippen molar-refractivity contribution in [1.29, 1.82) is 0 Å². The summed E-state index contributed by atoms with van der Waals surface area (Å²) in [4.78, 5) is 23.6. The number of hydrogen-bond donors (Lipinski definition) is 3. The van der Waals surface area contributed by atoms with Crippen molar-refractivity contribution >= 4 is 29.2 Å². The van der Waals surface area contributed by atoms with Crippen molar-refractivity contribution in [2.45, 2.75) is 20.5 Å². The zero-order valence-electron chi connectivity index (χ0n) is 15.1. The number of nitrogens with one attached hydrogen (secondary N) is 2. The topological polar surface area (TPSA) is 115 Å². The average Bonchev–Trinajstić information content (AvgIpc) is 2.62. The number of para-hydroxylation sites is 1. The lowest BCUT2D eigenvalue weighted by molar-refractivity contribution is -0.114. The minimum absolute atomic E-state index is 0.112. The van der Waals surface area contributed by atoms with Crippen molar-refractivity contribution in [2.75, 3.05) is 16.4 Å². The molecule has 3 rings (SSSR count). The smallest absolute Gasteiger partial charge is 0.232 e. The molecule has 2 aromatic carbocycles. The number of hydrogen-bond acceptors (Lipinski definition) is 7. The van der Waals surface area contributed by atoms with E-state index in [9.17, 15) is 4.79 Å². The quantitative estimate of drug-likeness (QED) is 0.616. The number of nitrogens with two attached hydrogens (primary N) is 1. The van der Waals surface area contributed by atoms with Crippen LogP contribution < -0.4 is 21.1 Å². The van der Waals surface area contributed by atoms with Gasteiger partial charge in [-0.1, -0.05) is 18.2 Å². The third-order valence-electron chi connectivity index (χ3n) is 3.63. The molecule has 0 radical (unpaired) electrons. The summed E-state index contributed by atoms with van der Waals surface area (Å²) in [6.45, 7) is 3.58. The number of rotatable bonds is 6. The van der Waals surface area contributed by atoms with Gasteiger partial charge in [-0.2, -0.15) is 15.0 Å². The first-order valence-corrected chi connectivity index (χ1v) is 8.33. The molecule has 4 N–H and O–H groups in total. The normalized spacial score (nSPS) is 10.3. The molecule has 0 fully saturated rings. The number of carbonyl (C=O) groups excluding carboxylic acids is 1. The van der Waals surface area contributed by atoms with Crippen molar-refractivity contribution in [3.8, 4) is 5.75 Å². The molecule has 3 aromatic rings. The first kappa shape index (κ1) is 18.1. The monoisotopic (exact) mass is 364 g/mol. The largest absolute Gasteiger partial charge is 0.486 e. The lowest BCUT2D eigenvalue weighted by Gasteiger charge is -2.10. The predicted octanol–water partition coefficient (Wildman–Crippen LogP) is 3.04. The summed E-state index contributed by atoms with van der Waals surface area (Å²) < 4.78 is 5.69. The maximum Gasteiger partial charge on any atom is 0.232 e. The molecule has 1 heterocycles.